The highest BCUT2D eigenvalue weighted by molar-refractivity contribution is 9.10. The fourth-order valence-electron chi connectivity index (χ4n) is 1.84. The highest BCUT2D eigenvalue weighted by Gasteiger charge is 2.46. The van der Waals surface area contributed by atoms with Gasteiger partial charge in [-0.25, -0.2) is 9.37 Å². The van der Waals surface area contributed by atoms with Crippen molar-refractivity contribution in [2.45, 2.75) is 50.4 Å². The van der Waals surface area contributed by atoms with Gasteiger partial charge in [0.1, 0.15) is 20.7 Å². The van der Waals surface area contributed by atoms with Gasteiger partial charge in [0.15, 0.2) is 11.4 Å². The van der Waals surface area contributed by atoms with Gasteiger partial charge in [-0.2, -0.15) is 0 Å². The molecular weight excluding hydrogens is 343 g/mol. The van der Waals surface area contributed by atoms with E-state index in [9.17, 15) is 8.94 Å². The molecule has 1 aromatic rings. The summed E-state index contributed by atoms with van der Waals surface area (Å²) in [5, 5.41) is 0. The normalized spacial score (nSPS) is 20.4. The van der Waals surface area contributed by atoms with E-state index in [2.05, 4.69) is 25.3 Å². The summed E-state index contributed by atoms with van der Waals surface area (Å²) in [4.78, 5) is 4.27. The van der Waals surface area contributed by atoms with Crippen molar-refractivity contribution < 1.29 is 8.94 Å². The lowest BCUT2D eigenvalue weighted by atomic mass is 9.77. The van der Waals surface area contributed by atoms with E-state index in [1.165, 1.54) is 0 Å². The van der Waals surface area contributed by atoms with Gasteiger partial charge in [0, 0.05) is 0 Å². The minimum Gasteiger partial charge on any atom is -0.591 e. The van der Waals surface area contributed by atoms with Crippen molar-refractivity contribution in [2.75, 3.05) is 0 Å². The Balaban J connectivity index is 2.43. The minimum absolute atomic E-state index is 0.221. The number of hydrogen-bond acceptors (Lipinski definition) is 3. The Morgan fingerprint density at radius 2 is 2.10 bits per heavy atom. The average molecular weight is 361 g/mol. The van der Waals surface area contributed by atoms with Gasteiger partial charge in [0.2, 0.25) is 0 Å². The lowest BCUT2D eigenvalue weighted by Gasteiger charge is -2.34. The number of aromatic nitrogens is 1. The van der Waals surface area contributed by atoms with Crippen LogP contribution >= 0.6 is 15.9 Å². The molecule has 1 saturated carbocycles. The van der Waals surface area contributed by atoms with Gasteiger partial charge in [-0.15, -0.1) is 0 Å². The molecule has 1 atom stereocenters. The van der Waals surface area contributed by atoms with Crippen molar-refractivity contribution in [3.05, 3.63) is 28.5 Å². The average Bonchev–Trinajstić information content (AvgIpc) is 2.31. The molecule has 0 aliphatic heterocycles. The fraction of sp³-hybridized carbons (Fsp3) is 0.571. The summed E-state index contributed by atoms with van der Waals surface area (Å²) in [6.07, 6.45) is 1.66. The second-order valence-electron chi connectivity index (χ2n) is 5.97. The summed E-state index contributed by atoms with van der Waals surface area (Å²) in [6.45, 7) is 5.47. The van der Waals surface area contributed by atoms with Crippen LogP contribution in [0.15, 0.2) is 27.2 Å². The lowest BCUT2D eigenvalue weighted by molar-refractivity contribution is 0.143. The molecular formula is C14H18BrFN2OS. The molecule has 1 fully saturated rings. The van der Waals surface area contributed by atoms with E-state index in [0.717, 1.165) is 6.42 Å². The molecule has 0 radical (unpaired) electrons. The Hall–Kier alpha value is -0.460. The van der Waals surface area contributed by atoms with Crippen molar-refractivity contribution in [2.24, 2.45) is 4.40 Å². The van der Waals surface area contributed by atoms with E-state index in [4.69, 9.17) is 0 Å². The van der Waals surface area contributed by atoms with Gasteiger partial charge in [-0.3, -0.25) is 0 Å². The van der Waals surface area contributed by atoms with E-state index in [0.29, 0.717) is 23.1 Å². The van der Waals surface area contributed by atoms with E-state index >= 15 is 0 Å². The first-order chi connectivity index (χ1) is 9.22. The Kier molecular flexibility index (Phi) is 4.56. The standard InChI is InChI=1S/C14H18BrFN2OS/c1-13(2,3)20(19)18-12(14(16)8-5-9-14)10-6-4-7-11(15)17-10/h4,6-7H,5,8-9H2,1-3H3/b18-12+. The Morgan fingerprint density at radius 1 is 1.45 bits per heavy atom. The maximum absolute atomic E-state index is 14.8. The lowest BCUT2D eigenvalue weighted by Crippen LogP contribution is -2.43. The molecule has 0 N–H and O–H groups in total. The third-order valence-corrected chi connectivity index (χ3v) is 5.06. The van der Waals surface area contributed by atoms with Gasteiger partial charge >= 0.3 is 0 Å². The van der Waals surface area contributed by atoms with Crippen molar-refractivity contribution >= 4 is 33.0 Å². The number of rotatable bonds is 3. The van der Waals surface area contributed by atoms with Crippen LogP contribution in [0, 0.1) is 0 Å². The molecule has 20 heavy (non-hydrogen) atoms. The van der Waals surface area contributed by atoms with Crippen molar-refractivity contribution in [3.63, 3.8) is 0 Å². The van der Waals surface area contributed by atoms with Crippen molar-refractivity contribution in [1.82, 2.24) is 4.98 Å². The molecule has 0 bridgehead atoms. The predicted molar refractivity (Wildman–Crippen MR) is 84.1 cm³/mol. The van der Waals surface area contributed by atoms with Crippen LogP contribution in [0.3, 0.4) is 0 Å². The molecule has 110 valence electrons. The first kappa shape index (κ1) is 15.9. The monoisotopic (exact) mass is 360 g/mol. The van der Waals surface area contributed by atoms with Crippen LogP contribution in [0.25, 0.3) is 0 Å². The number of halogens is 2. The minimum atomic E-state index is -1.50. The van der Waals surface area contributed by atoms with Crippen LogP contribution in [0.1, 0.15) is 45.7 Å². The molecule has 1 unspecified atom stereocenters. The topological polar surface area (TPSA) is 48.3 Å². The first-order valence-corrected chi connectivity index (χ1v) is 8.45. The molecule has 1 aliphatic carbocycles. The Labute approximate surface area is 130 Å². The zero-order valence-electron chi connectivity index (χ0n) is 11.8. The Bertz CT molecular complexity index is 526. The van der Waals surface area contributed by atoms with Gasteiger partial charge in [-0.05, 0) is 68.1 Å². The fourth-order valence-corrected chi connectivity index (χ4v) is 2.88. The summed E-state index contributed by atoms with van der Waals surface area (Å²) >= 11 is 1.78. The largest absolute Gasteiger partial charge is 0.591 e. The third kappa shape index (κ3) is 3.40. The van der Waals surface area contributed by atoms with E-state index in [-0.39, 0.29) is 5.71 Å². The second kappa shape index (κ2) is 5.73. The first-order valence-electron chi connectivity index (χ1n) is 6.55. The van der Waals surface area contributed by atoms with Gasteiger partial charge in [0.25, 0.3) is 0 Å². The van der Waals surface area contributed by atoms with Crippen molar-refractivity contribution in [1.29, 1.82) is 0 Å². The van der Waals surface area contributed by atoms with Crippen LogP contribution in [-0.2, 0) is 11.4 Å². The van der Waals surface area contributed by atoms with Crippen LogP contribution in [0.5, 0.6) is 0 Å². The zero-order valence-corrected chi connectivity index (χ0v) is 14.2. The van der Waals surface area contributed by atoms with Crippen LogP contribution in [0.2, 0.25) is 0 Å². The van der Waals surface area contributed by atoms with Crippen LogP contribution < -0.4 is 0 Å². The molecule has 2 rings (SSSR count). The van der Waals surface area contributed by atoms with E-state index in [1.807, 2.05) is 20.8 Å². The summed E-state index contributed by atoms with van der Waals surface area (Å²) in [7, 11) is 0. The molecule has 1 aromatic heterocycles. The highest BCUT2D eigenvalue weighted by atomic mass is 79.9. The number of alkyl halides is 1. The molecule has 0 saturated heterocycles. The summed E-state index contributed by atoms with van der Waals surface area (Å²) in [5.41, 5.74) is -0.813. The van der Waals surface area contributed by atoms with E-state index < -0.39 is 21.8 Å². The predicted octanol–water partition coefficient (Wildman–Crippen LogP) is 3.99. The van der Waals surface area contributed by atoms with Gasteiger partial charge in [-0.1, -0.05) is 10.5 Å². The third-order valence-electron chi connectivity index (χ3n) is 3.23. The summed E-state index contributed by atoms with van der Waals surface area (Å²) in [6, 6.07) is 5.26. The Morgan fingerprint density at radius 3 is 2.55 bits per heavy atom. The second-order valence-corrected chi connectivity index (χ2v) is 8.68. The van der Waals surface area contributed by atoms with E-state index in [1.54, 1.807) is 18.2 Å². The molecule has 0 spiro atoms. The molecule has 1 heterocycles. The maximum atomic E-state index is 14.8. The molecule has 0 amide bonds. The molecule has 3 nitrogen and oxygen atoms in total. The quantitative estimate of drug-likeness (QED) is 0.464. The maximum Gasteiger partial charge on any atom is 0.159 e. The van der Waals surface area contributed by atoms with Crippen LogP contribution in [-0.4, -0.2) is 25.7 Å². The highest BCUT2D eigenvalue weighted by Crippen LogP contribution is 2.39. The van der Waals surface area contributed by atoms with Gasteiger partial charge < -0.3 is 4.55 Å². The van der Waals surface area contributed by atoms with Crippen LogP contribution in [0.4, 0.5) is 4.39 Å². The number of nitrogens with zero attached hydrogens (tertiary/aromatic N) is 2. The molecule has 0 aromatic carbocycles. The smallest absolute Gasteiger partial charge is 0.159 e. The molecule has 1 aliphatic rings. The molecule has 6 heteroatoms. The SMILES string of the molecule is CC(C)(C)[S+]([O-])/N=C(\c1cccc(Br)n1)C1(F)CCC1. The number of hydrogen-bond donors (Lipinski definition) is 0. The van der Waals surface area contributed by atoms with Crippen molar-refractivity contribution in [3.8, 4) is 0 Å². The summed E-state index contributed by atoms with van der Waals surface area (Å²) < 4.78 is 31.3. The zero-order chi connectivity index (χ0) is 15.0. The summed E-state index contributed by atoms with van der Waals surface area (Å²) in [5.74, 6) is 0. The van der Waals surface area contributed by atoms with Gasteiger partial charge in [0.05, 0.1) is 5.69 Å². The number of pyridine rings is 1.